The van der Waals surface area contributed by atoms with Gasteiger partial charge in [0.15, 0.2) is 0 Å². The minimum atomic E-state index is -1.60. The third kappa shape index (κ3) is 2.02. The van der Waals surface area contributed by atoms with Gasteiger partial charge in [0, 0.05) is 0 Å². The van der Waals surface area contributed by atoms with Gasteiger partial charge < -0.3 is 15.9 Å². The maximum Gasteiger partial charge on any atom is 0.309 e. The van der Waals surface area contributed by atoms with Gasteiger partial charge in [-0.2, -0.15) is 0 Å². The smallest absolute Gasteiger partial charge is 0.309 e. The van der Waals surface area contributed by atoms with Crippen molar-refractivity contribution in [1.82, 2.24) is 0 Å². The Kier molecular flexibility index (Phi) is 2.82. The van der Waals surface area contributed by atoms with Crippen LogP contribution in [0.15, 0.2) is 0 Å². The monoisotopic (exact) mass is 147 g/mol. The zero-order valence-electron chi connectivity index (χ0n) is 5.44. The van der Waals surface area contributed by atoms with Crippen LogP contribution in [0.5, 0.6) is 0 Å². The molecule has 10 heavy (non-hydrogen) atoms. The standard InChI is InChI=1S/C5H9NO4/c1-2(5(9)10)3(7)4(6)8/h2-3,7H,1H3,(H2,6,8)(H,9,10). The van der Waals surface area contributed by atoms with Gasteiger partial charge in [0.1, 0.15) is 6.10 Å². The molecule has 0 heterocycles. The van der Waals surface area contributed by atoms with Gasteiger partial charge in [0.25, 0.3) is 0 Å². The zero-order valence-corrected chi connectivity index (χ0v) is 5.44. The molecule has 4 N–H and O–H groups in total. The second-order valence-corrected chi connectivity index (χ2v) is 1.97. The van der Waals surface area contributed by atoms with Crippen LogP contribution in [0.4, 0.5) is 0 Å². The summed E-state index contributed by atoms with van der Waals surface area (Å²) in [5.41, 5.74) is 4.62. The van der Waals surface area contributed by atoms with Crippen molar-refractivity contribution < 1.29 is 19.8 Å². The molecule has 0 saturated carbocycles. The van der Waals surface area contributed by atoms with E-state index >= 15 is 0 Å². The number of primary amides is 1. The van der Waals surface area contributed by atoms with E-state index in [1.165, 1.54) is 6.92 Å². The molecule has 5 heteroatoms. The summed E-state index contributed by atoms with van der Waals surface area (Å²) in [6.45, 7) is 1.21. The third-order valence-electron chi connectivity index (χ3n) is 1.15. The molecule has 0 aliphatic heterocycles. The van der Waals surface area contributed by atoms with Crippen LogP contribution in [0, 0.1) is 5.92 Å². The molecule has 58 valence electrons. The van der Waals surface area contributed by atoms with Gasteiger partial charge in [-0.05, 0) is 6.92 Å². The van der Waals surface area contributed by atoms with Crippen molar-refractivity contribution in [2.75, 3.05) is 0 Å². The fraction of sp³-hybridized carbons (Fsp3) is 0.600. The Hall–Kier alpha value is -1.10. The topological polar surface area (TPSA) is 101 Å². The summed E-state index contributed by atoms with van der Waals surface area (Å²) in [7, 11) is 0. The van der Waals surface area contributed by atoms with Gasteiger partial charge in [0.05, 0.1) is 5.92 Å². The lowest BCUT2D eigenvalue weighted by molar-refractivity contribution is -0.149. The molecule has 0 aromatic heterocycles. The Morgan fingerprint density at radius 3 is 2.00 bits per heavy atom. The molecule has 0 aliphatic carbocycles. The maximum absolute atomic E-state index is 10.2. The lowest BCUT2D eigenvalue weighted by Crippen LogP contribution is -2.37. The SMILES string of the molecule is CC(C(=O)O)C(O)C(N)=O. The van der Waals surface area contributed by atoms with Gasteiger partial charge in [-0.25, -0.2) is 0 Å². The van der Waals surface area contributed by atoms with Crippen molar-refractivity contribution in [3.05, 3.63) is 0 Å². The number of aliphatic hydroxyl groups excluding tert-OH is 1. The highest BCUT2D eigenvalue weighted by Crippen LogP contribution is 2.01. The van der Waals surface area contributed by atoms with Crippen LogP contribution >= 0.6 is 0 Å². The number of rotatable bonds is 3. The number of amides is 1. The summed E-state index contributed by atoms with van der Waals surface area (Å²) in [6.07, 6.45) is -1.60. The molecule has 0 rings (SSSR count). The molecule has 5 nitrogen and oxygen atoms in total. The van der Waals surface area contributed by atoms with Crippen LogP contribution in [0.25, 0.3) is 0 Å². The highest BCUT2D eigenvalue weighted by atomic mass is 16.4. The molecule has 2 atom stereocenters. The van der Waals surface area contributed by atoms with Crippen LogP contribution in [0.1, 0.15) is 6.92 Å². The predicted octanol–water partition coefficient (Wildman–Crippen LogP) is -1.45. The van der Waals surface area contributed by atoms with Gasteiger partial charge in [-0.15, -0.1) is 0 Å². The number of carbonyl (C=O) groups excluding carboxylic acids is 1. The van der Waals surface area contributed by atoms with Gasteiger partial charge in [-0.1, -0.05) is 0 Å². The highest BCUT2D eigenvalue weighted by Gasteiger charge is 2.25. The van der Waals surface area contributed by atoms with Gasteiger partial charge in [0.2, 0.25) is 5.91 Å². The van der Waals surface area contributed by atoms with Crippen LogP contribution in [0.3, 0.4) is 0 Å². The number of carboxylic acid groups (broad SMARTS) is 1. The Bertz CT molecular complexity index is 138. The van der Waals surface area contributed by atoms with Crippen molar-refractivity contribution in [3.63, 3.8) is 0 Å². The lowest BCUT2D eigenvalue weighted by atomic mass is 10.1. The molecule has 0 aromatic rings. The van der Waals surface area contributed by atoms with E-state index in [1.807, 2.05) is 0 Å². The molecule has 1 amide bonds. The van der Waals surface area contributed by atoms with Crippen LogP contribution in [-0.4, -0.2) is 28.2 Å². The minimum absolute atomic E-state index is 1.02. The molecular formula is C5H9NO4. The third-order valence-corrected chi connectivity index (χ3v) is 1.15. The average Bonchev–Trinajstić information content (AvgIpc) is 1.84. The number of carboxylic acids is 1. The first-order chi connectivity index (χ1) is 4.46. The van der Waals surface area contributed by atoms with Crippen LogP contribution < -0.4 is 5.73 Å². The molecule has 2 unspecified atom stereocenters. The van der Waals surface area contributed by atoms with Crippen LogP contribution in [-0.2, 0) is 9.59 Å². The molecule has 0 spiro atoms. The number of aliphatic carboxylic acids is 1. The fourth-order valence-electron chi connectivity index (χ4n) is 0.381. The second kappa shape index (κ2) is 3.17. The molecule has 0 fully saturated rings. The Labute approximate surface area is 57.5 Å². The average molecular weight is 147 g/mol. The van der Waals surface area contributed by atoms with E-state index in [1.54, 1.807) is 0 Å². The molecule has 0 radical (unpaired) electrons. The summed E-state index contributed by atoms with van der Waals surface area (Å²) in [5.74, 6) is -3.40. The van der Waals surface area contributed by atoms with Gasteiger partial charge >= 0.3 is 5.97 Å². The first-order valence-corrected chi connectivity index (χ1v) is 2.67. The number of nitrogens with two attached hydrogens (primary N) is 1. The first-order valence-electron chi connectivity index (χ1n) is 2.67. The summed E-state index contributed by atoms with van der Waals surface area (Å²) < 4.78 is 0. The maximum atomic E-state index is 10.2. The van der Waals surface area contributed by atoms with Crippen molar-refractivity contribution >= 4 is 11.9 Å². The normalized spacial score (nSPS) is 15.8. The van der Waals surface area contributed by atoms with E-state index < -0.39 is 23.9 Å². The predicted molar refractivity (Wildman–Crippen MR) is 32.0 cm³/mol. The highest BCUT2D eigenvalue weighted by molar-refractivity contribution is 5.84. The number of hydrogen-bond donors (Lipinski definition) is 3. The van der Waals surface area contributed by atoms with Crippen molar-refractivity contribution in [1.29, 1.82) is 0 Å². The second-order valence-electron chi connectivity index (χ2n) is 1.97. The largest absolute Gasteiger partial charge is 0.481 e. The number of aliphatic hydroxyl groups is 1. The zero-order chi connectivity index (χ0) is 8.31. The van der Waals surface area contributed by atoms with Crippen molar-refractivity contribution in [3.8, 4) is 0 Å². The molecule has 0 saturated heterocycles. The quantitative estimate of drug-likeness (QED) is 0.454. The minimum Gasteiger partial charge on any atom is -0.481 e. The molecule has 0 aliphatic rings. The Morgan fingerprint density at radius 2 is 1.90 bits per heavy atom. The summed E-state index contributed by atoms with van der Waals surface area (Å²) >= 11 is 0. The lowest BCUT2D eigenvalue weighted by Gasteiger charge is -2.09. The van der Waals surface area contributed by atoms with E-state index in [2.05, 4.69) is 5.73 Å². The Morgan fingerprint density at radius 1 is 1.50 bits per heavy atom. The summed E-state index contributed by atoms with van der Waals surface area (Å²) in [5, 5.41) is 16.9. The fourth-order valence-corrected chi connectivity index (χ4v) is 0.381. The summed E-state index contributed by atoms with van der Waals surface area (Å²) in [6, 6.07) is 0. The first kappa shape index (κ1) is 8.90. The van der Waals surface area contributed by atoms with E-state index in [-0.39, 0.29) is 0 Å². The van der Waals surface area contributed by atoms with Crippen LogP contribution in [0.2, 0.25) is 0 Å². The van der Waals surface area contributed by atoms with E-state index in [4.69, 9.17) is 10.2 Å². The van der Waals surface area contributed by atoms with Crippen molar-refractivity contribution in [2.45, 2.75) is 13.0 Å². The summed E-state index contributed by atoms with van der Waals surface area (Å²) in [4.78, 5) is 20.2. The molecular weight excluding hydrogens is 138 g/mol. The molecule has 0 bridgehead atoms. The van der Waals surface area contributed by atoms with Gasteiger partial charge in [-0.3, -0.25) is 9.59 Å². The van der Waals surface area contributed by atoms with E-state index in [9.17, 15) is 9.59 Å². The molecule has 0 aromatic carbocycles. The number of hydrogen-bond acceptors (Lipinski definition) is 3. The van der Waals surface area contributed by atoms with Crippen molar-refractivity contribution in [2.24, 2.45) is 11.7 Å². The van der Waals surface area contributed by atoms with E-state index in [0.717, 1.165) is 0 Å². The van der Waals surface area contributed by atoms with E-state index in [0.29, 0.717) is 0 Å². The Balaban J connectivity index is 4.07. The number of carbonyl (C=O) groups is 2.